The zero-order valence-electron chi connectivity index (χ0n) is 14.8. The predicted molar refractivity (Wildman–Crippen MR) is 107 cm³/mol. The highest BCUT2D eigenvalue weighted by Gasteiger charge is 2.25. The van der Waals surface area contributed by atoms with Crippen molar-refractivity contribution in [2.45, 2.75) is 0 Å². The number of carbonyl (C=O) groups excluding carboxylic acids is 1. The summed E-state index contributed by atoms with van der Waals surface area (Å²) >= 11 is 6.84. The molecule has 3 heterocycles. The third-order valence-corrected chi connectivity index (χ3v) is 5.46. The van der Waals surface area contributed by atoms with Crippen molar-refractivity contribution in [3.63, 3.8) is 0 Å². The van der Waals surface area contributed by atoms with Gasteiger partial charge in [0.05, 0.1) is 10.9 Å². The minimum atomic E-state index is -0.580. The van der Waals surface area contributed by atoms with Crippen molar-refractivity contribution in [2.24, 2.45) is 4.99 Å². The number of rotatable bonds is 4. The van der Waals surface area contributed by atoms with Gasteiger partial charge < -0.3 is 9.52 Å². The van der Waals surface area contributed by atoms with Gasteiger partial charge in [-0.3, -0.25) is 10.1 Å². The number of hydrogen-bond donors (Lipinski definition) is 2. The second kappa shape index (κ2) is 7.01. The van der Waals surface area contributed by atoms with Crippen LogP contribution in [0.2, 0.25) is 5.02 Å². The van der Waals surface area contributed by atoms with Gasteiger partial charge in [0.2, 0.25) is 11.8 Å². The van der Waals surface area contributed by atoms with Crippen LogP contribution in [0.25, 0.3) is 17.0 Å². The summed E-state index contributed by atoms with van der Waals surface area (Å²) in [5.74, 6) is -1.22. The summed E-state index contributed by atoms with van der Waals surface area (Å²) in [6.07, 6.45) is 0. The number of nitrogens with zero attached hydrogens (tertiary/aromatic N) is 4. The maximum atomic E-state index is 13.6. The second-order valence-corrected chi connectivity index (χ2v) is 7.60. The normalized spacial score (nSPS) is 12.7. The molecule has 5 rings (SSSR count). The molecule has 0 fully saturated rings. The van der Waals surface area contributed by atoms with E-state index in [1.165, 1.54) is 18.2 Å². The van der Waals surface area contributed by atoms with E-state index >= 15 is 0 Å². The summed E-state index contributed by atoms with van der Waals surface area (Å²) in [4.78, 5) is 20.3. The highest BCUT2D eigenvalue weighted by molar-refractivity contribution is 7.17. The van der Waals surface area contributed by atoms with E-state index in [4.69, 9.17) is 16.0 Å². The molecule has 30 heavy (non-hydrogen) atoms. The molecule has 1 aliphatic heterocycles. The summed E-state index contributed by atoms with van der Waals surface area (Å²) in [7, 11) is 0. The van der Waals surface area contributed by atoms with Crippen molar-refractivity contribution in [1.82, 2.24) is 15.2 Å². The molecule has 2 N–H and O–H groups in total. The van der Waals surface area contributed by atoms with Gasteiger partial charge in [-0.15, -0.1) is 5.10 Å². The van der Waals surface area contributed by atoms with Crippen molar-refractivity contribution in [3.8, 4) is 17.3 Å². The molecule has 8 nitrogen and oxygen atoms in total. The van der Waals surface area contributed by atoms with Crippen LogP contribution in [0, 0.1) is 5.82 Å². The second-order valence-electron chi connectivity index (χ2n) is 6.17. The first kappa shape index (κ1) is 18.4. The SMILES string of the molecule is O=C1N=c2ccc(F)cc2=C1c1sc(Nc2nnc(-c3ccc(Cl)cc3)o2)nc1O. The summed E-state index contributed by atoms with van der Waals surface area (Å²) in [6.45, 7) is 0. The lowest BCUT2D eigenvalue weighted by Crippen LogP contribution is -2.23. The number of nitrogens with one attached hydrogen (secondary N) is 1. The first-order valence-electron chi connectivity index (χ1n) is 8.47. The van der Waals surface area contributed by atoms with E-state index in [0.717, 1.165) is 11.3 Å². The fraction of sp³-hybridized carbons (Fsp3) is 0. The Morgan fingerprint density at radius 2 is 1.93 bits per heavy atom. The van der Waals surface area contributed by atoms with Gasteiger partial charge in [-0.1, -0.05) is 28.0 Å². The van der Waals surface area contributed by atoms with Crippen LogP contribution in [0.3, 0.4) is 0 Å². The van der Waals surface area contributed by atoms with E-state index < -0.39 is 17.6 Å². The van der Waals surface area contributed by atoms with Gasteiger partial charge in [0.15, 0.2) is 5.13 Å². The van der Waals surface area contributed by atoms with Crippen molar-refractivity contribution in [1.29, 1.82) is 0 Å². The largest absolute Gasteiger partial charge is 0.492 e. The molecule has 0 bridgehead atoms. The molecule has 0 saturated carbocycles. The lowest BCUT2D eigenvalue weighted by molar-refractivity contribution is -0.112. The van der Waals surface area contributed by atoms with E-state index in [1.54, 1.807) is 24.3 Å². The highest BCUT2D eigenvalue weighted by Crippen LogP contribution is 2.35. The van der Waals surface area contributed by atoms with Crippen LogP contribution in [0.1, 0.15) is 4.88 Å². The molecule has 0 aliphatic carbocycles. The number of thiazole rings is 1. The van der Waals surface area contributed by atoms with Gasteiger partial charge in [-0.2, -0.15) is 4.98 Å². The molecule has 0 saturated heterocycles. The van der Waals surface area contributed by atoms with Crippen molar-refractivity contribution in [2.75, 3.05) is 5.32 Å². The van der Waals surface area contributed by atoms with E-state index in [2.05, 4.69) is 25.5 Å². The van der Waals surface area contributed by atoms with Crippen LogP contribution in [0.4, 0.5) is 15.5 Å². The number of aromatic nitrogens is 3. The predicted octanol–water partition coefficient (Wildman–Crippen LogP) is 2.79. The van der Waals surface area contributed by atoms with Gasteiger partial charge in [0, 0.05) is 15.8 Å². The van der Waals surface area contributed by atoms with Gasteiger partial charge in [0.1, 0.15) is 10.7 Å². The fourth-order valence-corrected chi connectivity index (χ4v) is 3.93. The van der Waals surface area contributed by atoms with Crippen molar-refractivity contribution < 1.29 is 18.7 Å². The Balaban J connectivity index is 1.47. The minimum absolute atomic E-state index is 0.0409. The average molecular weight is 442 g/mol. The van der Waals surface area contributed by atoms with Crippen LogP contribution >= 0.6 is 22.9 Å². The standard InChI is InChI=1S/C19H9ClFN5O3S/c20-9-3-1-8(2-4-9)17-25-26-18(29-17)24-19-23-16(28)14(30-19)13-11-7-10(21)5-6-12(11)22-15(13)27/h1-7,28H,(H,23,24,26). The van der Waals surface area contributed by atoms with Crippen molar-refractivity contribution in [3.05, 3.63) is 68.8 Å². The van der Waals surface area contributed by atoms with Crippen LogP contribution in [-0.4, -0.2) is 26.2 Å². The molecule has 4 aromatic rings. The molecule has 0 unspecified atom stereocenters. The Hall–Kier alpha value is -3.63. The molecule has 1 amide bonds. The zero-order valence-corrected chi connectivity index (χ0v) is 16.3. The third kappa shape index (κ3) is 3.21. The number of halogens is 2. The number of anilines is 2. The van der Waals surface area contributed by atoms with Crippen LogP contribution < -0.4 is 15.9 Å². The average Bonchev–Trinajstić information content (AvgIpc) is 3.39. The number of amides is 1. The number of benzene rings is 2. The molecule has 11 heteroatoms. The van der Waals surface area contributed by atoms with E-state index in [-0.39, 0.29) is 27.5 Å². The van der Waals surface area contributed by atoms with Crippen LogP contribution in [0.5, 0.6) is 5.88 Å². The Kier molecular flexibility index (Phi) is 4.30. The third-order valence-electron chi connectivity index (χ3n) is 4.23. The highest BCUT2D eigenvalue weighted by atomic mass is 35.5. The molecule has 2 aromatic heterocycles. The number of fused-ring (bicyclic) bond motifs is 1. The van der Waals surface area contributed by atoms with Gasteiger partial charge in [-0.05, 0) is 42.5 Å². The molecule has 0 spiro atoms. The zero-order chi connectivity index (χ0) is 20.8. The van der Waals surface area contributed by atoms with Gasteiger partial charge in [-0.25, -0.2) is 9.38 Å². The monoisotopic (exact) mass is 441 g/mol. The summed E-state index contributed by atoms with van der Waals surface area (Å²) in [6, 6.07) is 10.7. The Morgan fingerprint density at radius 3 is 2.73 bits per heavy atom. The quantitative estimate of drug-likeness (QED) is 0.500. The topological polar surface area (TPSA) is 114 Å². The summed E-state index contributed by atoms with van der Waals surface area (Å²) in [5, 5.41) is 22.3. The summed E-state index contributed by atoms with van der Waals surface area (Å²) < 4.78 is 19.2. The molecular formula is C19H9ClFN5O3S. The molecule has 2 aromatic carbocycles. The first-order valence-corrected chi connectivity index (χ1v) is 9.67. The summed E-state index contributed by atoms with van der Waals surface area (Å²) in [5.41, 5.74) is 0.759. The van der Waals surface area contributed by atoms with E-state index in [0.29, 0.717) is 21.2 Å². The maximum absolute atomic E-state index is 13.6. The molecular weight excluding hydrogens is 433 g/mol. The Morgan fingerprint density at radius 1 is 1.13 bits per heavy atom. The molecule has 0 radical (unpaired) electrons. The van der Waals surface area contributed by atoms with Crippen LogP contribution in [-0.2, 0) is 4.79 Å². The smallest absolute Gasteiger partial charge is 0.322 e. The van der Waals surface area contributed by atoms with E-state index in [9.17, 15) is 14.3 Å². The minimum Gasteiger partial charge on any atom is -0.492 e. The maximum Gasteiger partial charge on any atom is 0.322 e. The molecule has 148 valence electrons. The van der Waals surface area contributed by atoms with Crippen LogP contribution in [0.15, 0.2) is 51.9 Å². The molecule has 0 atom stereocenters. The lowest BCUT2D eigenvalue weighted by Gasteiger charge is -1.96. The molecule has 1 aliphatic rings. The van der Waals surface area contributed by atoms with Gasteiger partial charge >= 0.3 is 6.01 Å². The van der Waals surface area contributed by atoms with Crippen molar-refractivity contribution >= 4 is 45.6 Å². The number of aromatic hydroxyl groups is 1. The van der Waals surface area contributed by atoms with E-state index in [1.807, 2.05) is 0 Å². The fourth-order valence-electron chi connectivity index (χ4n) is 2.91. The first-order chi connectivity index (χ1) is 14.5. The number of hydrogen-bond acceptors (Lipinski definition) is 8. The number of carbonyl (C=O) groups is 1. The van der Waals surface area contributed by atoms with Gasteiger partial charge in [0.25, 0.3) is 5.91 Å². The Labute approximate surface area is 176 Å². The lowest BCUT2D eigenvalue weighted by atomic mass is 10.1. The Bertz CT molecular complexity index is 1430.